The summed E-state index contributed by atoms with van der Waals surface area (Å²) in [6, 6.07) is 0.0914. The lowest BCUT2D eigenvalue weighted by molar-refractivity contribution is -0.135. The first-order valence-corrected chi connectivity index (χ1v) is 6.99. The number of hydrogen-bond donors (Lipinski definition) is 2. The molecule has 0 bridgehead atoms. The molecule has 0 radical (unpaired) electrons. The number of nitrogens with two attached hydrogens (primary N) is 1. The number of carbonyl (C=O) groups is 2. The van der Waals surface area contributed by atoms with Crippen molar-refractivity contribution in [3.05, 3.63) is 0 Å². The van der Waals surface area contributed by atoms with E-state index in [1.165, 1.54) is 4.90 Å². The van der Waals surface area contributed by atoms with Crippen molar-refractivity contribution in [2.75, 3.05) is 20.1 Å². The van der Waals surface area contributed by atoms with Crippen LogP contribution in [0.3, 0.4) is 0 Å². The van der Waals surface area contributed by atoms with Crippen LogP contribution in [0.4, 0.5) is 0 Å². The highest BCUT2D eigenvalue weighted by molar-refractivity contribution is 5.84. The van der Waals surface area contributed by atoms with Crippen molar-refractivity contribution >= 4 is 11.8 Å². The molecule has 0 fully saturated rings. The van der Waals surface area contributed by atoms with E-state index in [9.17, 15) is 9.59 Å². The van der Waals surface area contributed by atoms with Gasteiger partial charge in [0.1, 0.15) is 0 Å². The first-order chi connectivity index (χ1) is 8.76. The zero-order valence-corrected chi connectivity index (χ0v) is 12.9. The van der Waals surface area contributed by atoms with Crippen molar-refractivity contribution in [2.45, 2.75) is 46.6 Å². The van der Waals surface area contributed by atoms with Crippen LogP contribution in [0.15, 0.2) is 0 Å². The number of nitrogens with zero attached hydrogens (tertiary/aromatic N) is 1. The molecule has 0 saturated carbocycles. The Hall–Kier alpha value is -1.10. The molecule has 5 heteroatoms. The molecule has 2 amide bonds. The third-order valence-electron chi connectivity index (χ3n) is 2.86. The van der Waals surface area contributed by atoms with Crippen molar-refractivity contribution in [3.8, 4) is 0 Å². The maximum Gasteiger partial charge on any atom is 0.239 e. The highest BCUT2D eigenvalue weighted by Gasteiger charge is 2.18. The van der Waals surface area contributed by atoms with Crippen LogP contribution in [0.2, 0.25) is 0 Å². The van der Waals surface area contributed by atoms with Crippen LogP contribution in [-0.2, 0) is 9.59 Å². The predicted octanol–water partition coefficient (Wildman–Crippen LogP) is 0.981. The van der Waals surface area contributed by atoms with Crippen molar-refractivity contribution < 1.29 is 9.59 Å². The molecule has 0 spiro atoms. The van der Waals surface area contributed by atoms with E-state index in [1.807, 2.05) is 13.8 Å². The van der Waals surface area contributed by atoms with Crippen LogP contribution in [-0.4, -0.2) is 42.9 Å². The number of rotatable bonds is 8. The number of carbonyl (C=O) groups excluding carboxylic acids is 2. The Balaban J connectivity index is 4.21. The summed E-state index contributed by atoms with van der Waals surface area (Å²) >= 11 is 0. The number of hydrogen-bond acceptors (Lipinski definition) is 3. The van der Waals surface area contributed by atoms with E-state index in [0.717, 1.165) is 6.42 Å². The summed E-state index contributed by atoms with van der Waals surface area (Å²) in [6.45, 7) is 8.64. The maximum atomic E-state index is 12.0. The summed E-state index contributed by atoms with van der Waals surface area (Å²) in [7, 11) is 1.66. The molecule has 5 nitrogen and oxygen atoms in total. The van der Waals surface area contributed by atoms with Crippen molar-refractivity contribution in [1.29, 1.82) is 0 Å². The standard InChI is InChI=1S/C14H29N3O2/c1-10(2)6-12(8-15)7-14(19)17(5)9-13(18)16-11(3)4/h10-12H,6-9,15H2,1-5H3,(H,16,18). The second kappa shape index (κ2) is 8.91. The molecular weight excluding hydrogens is 242 g/mol. The molecule has 0 aromatic rings. The van der Waals surface area contributed by atoms with Crippen molar-refractivity contribution in [1.82, 2.24) is 10.2 Å². The Kier molecular flexibility index (Phi) is 8.39. The molecule has 0 aromatic carbocycles. The van der Waals surface area contributed by atoms with E-state index in [-0.39, 0.29) is 30.3 Å². The summed E-state index contributed by atoms with van der Waals surface area (Å²) in [5, 5.41) is 2.77. The molecule has 0 rings (SSSR count). The van der Waals surface area contributed by atoms with Crippen LogP contribution in [0.5, 0.6) is 0 Å². The highest BCUT2D eigenvalue weighted by atomic mass is 16.2. The number of amides is 2. The maximum absolute atomic E-state index is 12.0. The van der Waals surface area contributed by atoms with Gasteiger partial charge < -0.3 is 16.0 Å². The van der Waals surface area contributed by atoms with Crippen molar-refractivity contribution in [3.63, 3.8) is 0 Å². The van der Waals surface area contributed by atoms with E-state index in [4.69, 9.17) is 5.73 Å². The number of likely N-dealkylation sites (N-methyl/N-ethyl adjacent to an activating group) is 1. The van der Waals surface area contributed by atoms with Gasteiger partial charge in [0.2, 0.25) is 11.8 Å². The van der Waals surface area contributed by atoms with Gasteiger partial charge in [-0.25, -0.2) is 0 Å². The minimum atomic E-state index is -0.126. The Morgan fingerprint density at radius 3 is 2.21 bits per heavy atom. The first-order valence-electron chi connectivity index (χ1n) is 6.99. The Bertz CT molecular complexity index is 290. The molecular formula is C14H29N3O2. The third kappa shape index (κ3) is 8.59. The zero-order chi connectivity index (χ0) is 15.0. The molecule has 19 heavy (non-hydrogen) atoms. The fourth-order valence-electron chi connectivity index (χ4n) is 2.00. The van der Waals surface area contributed by atoms with Gasteiger partial charge in [-0.3, -0.25) is 9.59 Å². The van der Waals surface area contributed by atoms with Gasteiger partial charge in [-0.05, 0) is 38.6 Å². The molecule has 0 saturated heterocycles. The van der Waals surface area contributed by atoms with E-state index in [0.29, 0.717) is 18.9 Å². The van der Waals surface area contributed by atoms with Gasteiger partial charge in [-0.15, -0.1) is 0 Å². The second-order valence-corrected chi connectivity index (χ2v) is 5.91. The molecule has 0 heterocycles. The first kappa shape index (κ1) is 17.9. The molecule has 0 aromatic heterocycles. The predicted molar refractivity (Wildman–Crippen MR) is 77.5 cm³/mol. The number of nitrogens with one attached hydrogen (secondary N) is 1. The fraction of sp³-hybridized carbons (Fsp3) is 0.857. The summed E-state index contributed by atoms with van der Waals surface area (Å²) in [5.74, 6) is 0.577. The van der Waals surface area contributed by atoms with E-state index in [2.05, 4.69) is 19.2 Å². The smallest absolute Gasteiger partial charge is 0.239 e. The summed E-state index contributed by atoms with van der Waals surface area (Å²) in [5.41, 5.74) is 5.69. The quantitative estimate of drug-likeness (QED) is 0.691. The lowest BCUT2D eigenvalue weighted by atomic mass is 9.94. The second-order valence-electron chi connectivity index (χ2n) is 5.91. The van der Waals surface area contributed by atoms with Gasteiger partial charge in [0.25, 0.3) is 0 Å². The summed E-state index contributed by atoms with van der Waals surface area (Å²) in [4.78, 5) is 25.1. The normalized spacial score (nSPS) is 12.6. The monoisotopic (exact) mass is 271 g/mol. The molecule has 0 aliphatic heterocycles. The Labute approximate surface area is 116 Å². The van der Waals surface area contributed by atoms with Gasteiger partial charge in [-0.2, -0.15) is 0 Å². The van der Waals surface area contributed by atoms with Crippen LogP contribution in [0.25, 0.3) is 0 Å². The largest absolute Gasteiger partial charge is 0.352 e. The lowest BCUT2D eigenvalue weighted by Gasteiger charge is -2.22. The minimum absolute atomic E-state index is 0.0185. The molecule has 0 aliphatic carbocycles. The molecule has 1 unspecified atom stereocenters. The molecule has 112 valence electrons. The Morgan fingerprint density at radius 1 is 1.21 bits per heavy atom. The van der Waals surface area contributed by atoms with Crippen LogP contribution in [0, 0.1) is 11.8 Å². The topological polar surface area (TPSA) is 75.4 Å². The molecule has 3 N–H and O–H groups in total. The Morgan fingerprint density at radius 2 is 1.79 bits per heavy atom. The van der Waals surface area contributed by atoms with Gasteiger partial charge in [0.15, 0.2) is 0 Å². The van der Waals surface area contributed by atoms with Crippen LogP contribution < -0.4 is 11.1 Å². The fourth-order valence-corrected chi connectivity index (χ4v) is 2.00. The summed E-state index contributed by atoms with van der Waals surface area (Å²) < 4.78 is 0. The van der Waals surface area contributed by atoms with Gasteiger partial charge in [0, 0.05) is 19.5 Å². The van der Waals surface area contributed by atoms with E-state index >= 15 is 0 Å². The molecule has 0 aliphatic rings. The lowest BCUT2D eigenvalue weighted by Crippen LogP contribution is -2.41. The van der Waals surface area contributed by atoms with Crippen LogP contribution in [0.1, 0.15) is 40.5 Å². The van der Waals surface area contributed by atoms with Gasteiger partial charge in [0.05, 0.1) is 6.54 Å². The van der Waals surface area contributed by atoms with E-state index in [1.54, 1.807) is 7.05 Å². The minimum Gasteiger partial charge on any atom is -0.352 e. The van der Waals surface area contributed by atoms with E-state index < -0.39 is 0 Å². The summed E-state index contributed by atoms with van der Waals surface area (Å²) in [6.07, 6.45) is 1.36. The zero-order valence-electron chi connectivity index (χ0n) is 12.9. The highest BCUT2D eigenvalue weighted by Crippen LogP contribution is 2.15. The average molecular weight is 271 g/mol. The molecule has 1 atom stereocenters. The van der Waals surface area contributed by atoms with Crippen molar-refractivity contribution in [2.24, 2.45) is 17.6 Å². The van der Waals surface area contributed by atoms with Crippen LogP contribution >= 0.6 is 0 Å². The SMILES string of the molecule is CC(C)CC(CN)CC(=O)N(C)CC(=O)NC(C)C. The third-order valence-corrected chi connectivity index (χ3v) is 2.86. The van der Waals surface area contributed by atoms with Gasteiger partial charge >= 0.3 is 0 Å². The average Bonchev–Trinajstić information content (AvgIpc) is 2.25. The van der Waals surface area contributed by atoms with Gasteiger partial charge in [-0.1, -0.05) is 13.8 Å².